The number of benzene rings is 1. The Morgan fingerprint density at radius 1 is 1.47 bits per heavy atom. The van der Waals surface area contributed by atoms with E-state index in [0.29, 0.717) is 6.54 Å². The summed E-state index contributed by atoms with van der Waals surface area (Å²) in [6.07, 6.45) is 0.969. The largest absolute Gasteiger partial charge is 0.362 e. The van der Waals surface area contributed by atoms with Gasteiger partial charge in [-0.05, 0) is 50.1 Å². The van der Waals surface area contributed by atoms with Crippen molar-refractivity contribution in [2.45, 2.75) is 26.5 Å². The number of nitrogens with one attached hydrogen (secondary N) is 1. The summed E-state index contributed by atoms with van der Waals surface area (Å²) < 4.78 is 5.14. The van der Waals surface area contributed by atoms with Gasteiger partial charge in [0.25, 0.3) is 0 Å². The molecule has 0 fully saturated rings. The van der Waals surface area contributed by atoms with Crippen LogP contribution in [0.1, 0.15) is 18.1 Å². The molecule has 0 radical (unpaired) electrons. The number of anilines is 1. The van der Waals surface area contributed by atoms with Crippen LogP contribution >= 0.6 is 0 Å². The molecule has 0 bridgehead atoms. The molecular weight excluding hydrogens is 188 g/mol. The maximum absolute atomic E-state index is 5.53. The lowest BCUT2D eigenvalue weighted by Crippen LogP contribution is -2.17. The Kier molecular flexibility index (Phi) is 4.59. The molecule has 0 aromatic heterocycles. The second-order valence-corrected chi connectivity index (χ2v) is 3.70. The fraction of sp³-hybridized carbons (Fsp3) is 0.500. The monoisotopic (exact) mass is 208 g/mol. The van der Waals surface area contributed by atoms with Crippen molar-refractivity contribution < 1.29 is 4.74 Å². The number of hydrogen-bond acceptors (Lipinski definition) is 3. The van der Waals surface area contributed by atoms with Crippen molar-refractivity contribution in [1.82, 2.24) is 0 Å². The summed E-state index contributed by atoms with van der Waals surface area (Å²) in [5.41, 5.74) is 9.20. The molecule has 0 saturated carbocycles. The second kappa shape index (κ2) is 5.73. The number of hydrogen-bond donors (Lipinski definition) is 2. The van der Waals surface area contributed by atoms with Crippen molar-refractivity contribution >= 4 is 5.69 Å². The first kappa shape index (κ1) is 12.0. The summed E-state index contributed by atoms with van der Waals surface area (Å²) in [6, 6.07) is 6.31. The smallest absolute Gasteiger partial charge is 0.124 e. The average Bonchev–Trinajstić information content (AvgIpc) is 2.22. The van der Waals surface area contributed by atoms with Crippen molar-refractivity contribution in [3.05, 3.63) is 29.3 Å². The van der Waals surface area contributed by atoms with E-state index in [9.17, 15) is 0 Å². The molecule has 0 aliphatic heterocycles. The fourth-order valence-corrected chi connectivity index (χ4v) is 1.52. The van der Waals surface area contributed by atoms with Crippen LogP contribution in [-0.2, 0) is 11.2 Å². The minimum atomic E-state index is 0.0322. The minimum Gasteiger partial charge on any atom is -0.362 e. The summed E-state index contributed by atoms with van der Waals surface area (Å²) in [5, 5.41) is 3.25. The lowest BCUT2D eigenvalue weighted by atomic mass is 10.1. The maximum atomic E-state index is 5.53. The standard InChI is InChI=1S/C12H20N2O/c1-9-8-12(14-10(2)15-3)5-4-11(9)6-7-13/h4-5,8,10,14H,6-7,13H2,1-3H3. The first-order valence-electron chi connectivity index (χ1n) is 5.26. The second-order valence-electron chi connectivity index (χ2n) is 3.70. The van der Waals surface area contributed by atoms with Crippen LogP contribution in [0.3, 0.4) is 0 Å². The van der Waals surface area contributed by atoms with Gasteiger partial charge in [-0.2, -0.15) is 0 Å². The molecule has 3 nitrogen and oxygen atoms in total. The third-order valence-electron chi connectivity index (χ3n) is 2.48. The van der Waals surface area contributed by atoms with Crippen LogP contribution in [0.15, 0.2) is 18.2 Å². The predicted molar refractivity (Wildman–Crippen MR) is 64.0 cm³/mol. The molecule has 0 saturated heterocycles. The van der Waals surface area contributed by atoms with Crippen LogP contribution < -0.4 is 11.1 Å². The third-order valence-corrected chi connectivity index (χ3v) is 2.48. The van der Waals surface area contributed by atoms with E-state index in [1.54, 1.807) is 7.11 Å². The molecular formula is C12H20N2O. The zero-order valence-electron chi connectivity index (χ0n) is 9.71. The van der Waals surface area contributed by atoms with E-state index >= 15 is 0 Å². The number of rotatable bonds is 5. The van der Waals surface area contributed by atoms with E-state index in [4.69, 9.17) is 10.5 Å². The molecule has 1 rings (SSSR count). The summed E-state index contributed by atoms with van der Waals surface area (Å²) >= 11 is 0. The van der Waals surface area contributed by atoms with E-state index < -0.39 is 0 Å². The Hall–Kier alpha value is -1.06. The molecule has 0 aliphatic carbocycles. The molecule has 1 aromatic carbocycles. The summed E-state index contributed by atoms with van der Waals surface area (Å²) in [4.78, 5) is 0. The van der Waals surface area contributed by atoms with E-state index in [-0.39, 0.29) is 6.23 Å². The molecule has 0 spiro atoms. The third kappa shape index (κ3) is 3.53. The first-order valence-corrected chi connectivity index (χ1v) is 5.26. The fourth-order valence-electron chi connectivity index (χ4n) is 1.52. The van der Waals surface area contributed by atoms with Crippen molar-refractivity contribution in [3.8, 4) is 0 Å². The molecule has 0 aliphatic rings. The molecule has 84 valence electrons. The topological polar surface area (TPSA) is 47.3 Å². The van der Waals surface area contributed by atoms with Crippen LogP contribution in [0.2, 0.25) is 0 Å². The molecule has 0 heterocycles. The van der Waals surface area contributed by atoms with Crippen molar-refractivity contribution in [1.29, 1.82) is 0 Å². The molecule has 3 N–H and O–H groups in total. The zero-order chi connectivity index (χ0) is 11.3. The van der Waals surface area contributed by atoms with E-state index in [1.165, 1.54) is 11.1 Å². The summed E-state index contributed by atoms with van der Waals surface area (Å²) in [5.74, 6) is 0. The van der Waals surface area contributed by atoms with Crippen LogP contribution in [0.5, 0.6) is 0 Å². The molecule has 0 amide bonds. The molecule has 1 aromatic rings. The van der Waals surface area contributed by atoms with E-state index in [2.05, 4.69) is 30.4 Å². The highest BCUT2D eigenvalue weighted by Gasteiger charge is 2.02. The summed E-state index contributed by atoms with van der Waals surface area (Å²) in [6.45, 7) is 4.78. The Labute approximate surface area is 91.6 Å². The van der Waals surface area contributed by atoms with E-state index in [1.807, 2.05) is 6.92 Å². The summed E-state index contributed by atoms with van der Waals surface area (Å²) in [7, 11) is 1.69. The van der Waals surface area contributed by atoms with Crippen LogP contribution in [0.4, 0.5) is 5.69 Å². The van der Waals surface area contributed by atoms with Gasteiger partial charge in [-0.25, -0.2) is 0 Å². The van der Waals surface area contributed by atoms with Crippen LogP contribution in [0.25, 0.3) is 0 Å². The van der Waals surface area contributed by atoms with Crippen molar-refractivity contribution in [2.75, 3.05) is 19.0 Å². The Morgan fingerprint density at radius 3 is 2.73 bits per heavy atom. The molecule has 3 heteroatoms. The highest BCUT2D eigenvalue weighted by atomic mass is 16.5. The van der Waals surface area contributed by atoms with Gasteiger partial charge in [0.15, 0.2) is 0 Å². The highest BCUT2D eigenvalue weighted by molar-refractivity contribution is 5.48. The lowest BCUT2D eigenvalue weighted by molar-refractivity contribution is 0.141. The van der Waals surface area contributed by atoms with Gasteiger partial charge in [0.05, 0.1) is 0 Å². The van der Waals surface area contributed by atoms with Crippen LogP contribution in [-0.4, -0.2) is 19.9 Å². The Bertz CT molecular complexity index is 312. The van der Waals surface area contributed by atoms with Gasteiger partial charge >= 0.3 is 0 Å². The Balaban J connectivity index is 2.73. The van der Waals surface area contributed by atoms with Crippen molar-refractivity contribution in [3.63, 3.8) is 0 Å². The van der Waals surface area contributed by atoms with Gasteiger partial charge in [0, 0.05) is 12.8 Å². The number of nitrogens with two attached hydrogens (primary N) is 1. The zero-order valence-corrected chi connectivity index (χ0v) is 9.71. The normalized spacial score (nSPS) is 12.5. The van der Waals surface area contributed by atoms with Gasteiger partial charge in [0.2, 0.25) is 0 Å². The molecule has 1 unspecified atom stereocenters. The molecule has 1 atom stereocenters. The number of ether oxygens (including phenoxy) is 1. The van der Waals surface area contributed by atoms with Crippen LogP contribution in [0, 0.1) is 6.92 Å². The molecule has 15 heavy (non-hydrogen) atoms. The van der Waals surface area contributed by atoms with E-state index in [0.717, 1.165) is 12.1 Å². The van der Waals surface area contributed by atoms with Crippen molar-refractivity contribution in [2.24, 2.45) is 5.73 Å². The van der Waals surface area contributed by atoms with Gasteiger partial charge < -0.3 is 15.8 Å². The first-order chi connectivity index (χ1) is 7.17. The SMILES string of the molecule is COC(C)Nc1ccc(CCN)c(C)c1. The maximum Gasteiger partial charge on any atom is 0.124 e. The quantitative estimate of drug-likeness (QED) is 0.727. The van der Waals surface area contributed by atoms with Gasteiger partial charge in [-0.3, -0.25) is 0 Å². The predicted octanol–water partition coefficient (Wildman–Crippen LogP) is 1.90. The Morgan fingerprint density at radius 2 is 2.20 bits per heavy atom. The number of aryl methyl sites for hydroxylation is 1. The average molecular weight is 208 g/mol. The minimum absolute atomic E-state index is 0.0322. The lowest BCUT2D eigenvalue weighted by Gasteiger charge is -2.14. The van der Waals surface area contributed by atoms with Gasteiger partial charge in [-0.1, -0.05) is 6.07 Å². The van der Waals surface area contributed by atoms with Gasteiger partial charge in [0.1, 0.15) is 6.23 Å². The number of methoxy groups -OCH3 is 1. The highest BCUT2D eigenvalue weighted by Crippen LogP contribution is 2.16. The van der Waals surface area contributed by atoms with Gasteiger partial charge in [-0.15, -0.1) is 0 Å².